The molecule has 1 N–H and O–H groups in total. The first-order valence-electron chi connectivity index (χ1n) is 6.21. The molecule has 0 spiro atoms. The molecule has 1 saturated carbocycles. The maximum absolute atomic E-state index is 12.8. The normalized spacial score (nSPS) is 16.1. The van der Waals surface area contributed by atoms with Crippen molar-refractivity contribution < 1.29 is 4.39 Å². The number of nitrogens with one attached hydrogen (secondary N) is 1. The molecule has 17 heavy (non-hydrogen) atoms. The highest BCUT2D eigenvalue weighted by Gasteiger charge is 2.22. The number of amidine groups is 1. The fraction of sp³-hybridized carbons (Fsp3) is 0.500. The quantitative estimate of drug-likeness (QED) is 0.629. The van der Waals surface area contributed by atoms with Crippen LogP contribution in [0.4, 0.5) is 4.39 Å². The molecule has 1 aromatic carbocycles. The third-order valence-corrected chi connectivity index (χ3v) is 3.49. The van der Waals surface area contributed by atoms with E-state index in [4.69, 9.17) is 5.41 Å². The van der Waals surface area contributed by atoms with Crippen molar-refractivity contribution >= 4 is 5.84 Å². The van der Waals surface area contributed by atoms with Gasteiger partial charge in [0.05, 0.1) is 5.84 Å². The minimum Gasteiger partial charge on any atom is -0.359 e. The van der Waals surface area contributed by atoms with Crippen molar-refractivity contribution in [2.75, 3.05) is 7.05 Å². The average molecular weight is 234 g/mol. The first-order valence-corrected chi connectivity index (χ1v) is 6.21. The molecule has 0 radical (unpaired) electrons. The summed E-state index contributed by atoms with van der Waals surface area (Å²) in [6.45, 7) is 0.690. The van der Waals surface area contributed by atoms with Crippen molar-refractivity contribution in [3.8, 4) is 0 Å². The third kappa shape index (κ3) is 3.05. The molecule has 3 heteroatoms. The summed E-state index contributed by atoms with van der Waals surface area (Å²) in [5.74, 6) is 0.953. The van der Waals surface area contributed by atoms with Crippen molar-refractivity contribution in [2.45, 2.75) is 32.2 Å². The van der Waals surface area contributed by atoms with E-state index >= 15 is 0 Å². The van der Waals surface area contributed by atoms with Gasteiger partial charge >= 0.3 is 0 Å². The molecule has 0 atom stereocenters. The summed E-state index contributed by atoms with van der Waals surface area (Å²) >= 11 is 0. The molecule has 0 saturated heterocycles. The van der Waals surface area contributed by atoms with Crippen molar-refractivity contribution in [3.63, 3.8) is 0 Å². The SMILES string of the molecule is CN(Cc1ccc(F)cc1)C(=N)C1CCCC1. The molecule has 1 fully saturated rings. The summed E-state index contributed by atoms with van der Waals surface area (Å²) in [7, 11) is 1.95. The Kier molecular flexibility index (Phi) is 3.77. The molecule has 1 aromatic rings. The molecule has 0 aliphatic heterocycles. The van der Waals surface area contributed by atoms with E-state index in [2.05, 4.69) is 0 Å². The molecule has 0 unspecified atom stereocenters. The average Bonchev–Trinajstić information content (AvgIpc) is 2.84. The van der Waals surface area contributed by atoms with Gasteiger partial charge < -0.3 is 4.90 Å². The molecule has 0 aromatic heterocycles. The van der Waals surface area contributed by atoms with Gasteiger partial charge in [0.15, 0.2) is 0 Å². The highest BCUT2D eigenvalue weighted by molar-refractivity contribution is 5.81. The molecule has 1 aliphatic carbocycles. The summed E-state index contributed by atoms with van der Waals surface area (Å²) in [5, 5.41) is 8.14. The Morgan fingerprint density at radius 3 is 2.47 bits per heavy atom. The highest BCUT2D eigenvalue weighted by atomic mass is 19.1. The van der Waals surface area contributed by atoms with Crippen LogP contribution in [0.2, 0.25) is 0 Å². The molecule has 2 nitrogen and oxygen atoms in total. The summed E-state index contributed by atoms with van der Waals surface area (Å²) in [6, 6.07) is 6.52. The lowest BCUT2D eigenvalue weighted by atomic mass is 10.1. The van der Waals surface area contributed by atoms with Gasteiger partial charge in [-0.05, 0) is 30.5 Å². The van der Waals surface area contributed by atoms with Crippen LogP contribution in [0, 0.1) is 17.1 Å². The Hall–Kier alpha value is -1.38. The number of benzene rings is 1. The standard InChI is InChI=1S/C14H19FN2/c1-17(14(16)12-4-2-3-5-12)10-11-6-8-13(15)9-7-11/h6-9,12,16H,2-5,10H2,1H3. The molecule has 0 bridgehead atoms. The second-order valence-electron chi connectivity index (χ2n) is 4.85. The highest BCUT2D eigenvalue weighted by Crippen LogP contribution is 2.26. The Morgan fingerprint density at radius 1 is 1.29 bits per heavy atom. The predicted molar refractivity (Wildman–Crippen MR) is 67.6 cm³/mol. The van der Waals surface area contributed by atoms with Gasteiger partial charge in [-0.15, -0.1) is 0 Å². The first kappa shape index (κ1) is 12.1. The molecule has 1 aliphatic rings. The zero-order valence-corrected chi connectivity index (χ0v) is 10.2. The number of hydrogen-bond donors (Lipinski definition) is 1. The van der Waals surface area contributed by atoms with Gasteiger partial charge in [-0.3, -0.25) is 5.41 Å². The monoisotopic (exact) mass is 234 g/mol. The Balaban J connectivity index is 1.93. The van der Waals surface area contributed by atoms with Crippen molar-refractivity contribution in [1.29, 1.82) is 5.41 Å². The van der Waals surface area contributed by atoms with Crippen molar-refractivity contribution in [1.82, 2.24) is 4.90 Å². The van der Waals surface area contributed by atoms with Crippen LogP contribution in [0.1, 0.15) is 31.2 Å². The second-order valence-corrected chi connectivity index (χ2v) is 4.85. The van der Waals surface area contributed by atoms with E-state index in [0.29, 0.717) is 12.5 Å². The van der Waals surface area contributed by atoms with Gasteiger partial charge in [0.25, 0.3) is 0 Å². The van der Waals surface area contributed by atoms with E-state index in [1.54, 1.807) is 12.1 Å². The largest absolute Gasteiger partial charge is 0.359 e. The molecule has 92 valence electrons. The van der Waals surface area contributed by atoms with Crippen LogP contribution in [0.3, 0.4) is 0 Å². The maximum atomic E-state index is 12.8. The van der Waals surface area contributed by atoms with E-state index < -0.39 is 0 Å². The van der Waals surface area contributed by atoms with Gasteiger partial charge in [0.1, 0.15) is 5.82 Å². The zero-order valence-electron chi connectivity index (χ0n) is 10.2. The first-order chi connectivity index (χ1) is 8.16. The lowest BCUT2D eigenvalue weighted by Crippen LogP contribution is -2.30. The van der Waals surface area contributed by atoms with E-state index in [1.165, 1.54) is 25.0 Å². The third-order valence-electron chi connectivity index (χ3n) is 3.49. The van der Waals surface area contributed by atoms with E-state index in [9.17, 15) is 4.39 Å². The molecule has 2 rings (SSSR count). The number of nitrogens with zero attached hydrogens (tertiary/aromatic N) is 1. The summed E-state index contributed by atoms with van der Waals surface area (Å²) in [4.78, 5) is 1.98. The topological polar surface area (TPSA) is 27.1 Å². The van der Waals surface area contributed by atoms with E-state index in [-0.39, 0.29) is 5.82 Å². The van der Waals surface area contributed by atoms with Crippen molar-refractivity contribution in [3.05, 3.63) is 35.6 Å². The molecule has 0 amide bonds. The van der Waals surface area contributed by atoms with Crippen LogP contribution in [-0.4, -0.2) is 17.8 Å². The van der Waals surface area contributed by atoms with Gasteiger partial charge in [-0.25, -0.2) is 4.39 Å². The van der Waals surface area contributed by atoms with Crippen LogP contribution < -0.4 is 0 Å². The summed E-state index contributed by atoms with van der Waals surface area (Å²) in [6.07, 6.45) is 4.79. The Morgan fingerprint density at radius 2 is 1.88 bits per heavy atom. The lowest BCUT2D eigenvalue weighted by Gasteiger charge is -2.24. The van der Waals surface area contributed by atoms with Crippen LogP contribution in [0.5, 0.6) is 0 Å². The maximum Gasteiger partial charge on any atom is 0.123 e. The van der Waals surface area contributed by atoms with Crippen LogP contribution in [0.25, 0.3) is 0 Å². The second kappa shape index (κ2) is 5.30. The van der Waals surface area contributed by atoms with Gasteiger partial charge in [-0.1, -0.05) is 25.0 Å². The summed E-state index contributed by atoms with van der Waals surface area (Å²) < 4.78 is 12.8. The molecular formula is C14H19FN2. The predicted octanol–water partition coefficient (Wildman–Crippen LogP) is 3.42. The smallest absolute Gasteiger partial charge is 0.123 e. The van der Waals surface area contributed by atoms with Crippen LogP contribution >= 0.6 is 0 Å². The zero-order chi connectivity index (χ0) is 12.3. The molecule has 0 heterocycles. The van der Waals surface area contributed by atoms with Gasteiger partial charge in [0.2, 0.25) is 0 Å². The minimum absolute atomic E-state index is 0.206. The van der Waals surface area contributed by atoms with Crippen LogP contribution in [0.15, 0.2) is 24.3 Å². The summed E-state index contributed by atoms with van der Waals surface area (Å²) in [5.41, 5.74) is 1.05. The van der Waals surface area contributed by atoms with E-state index in [0.717, 1.165) is 24.2 Å². The van der Waals surface area contributed by atoms with Gasteiger partial charge in [-0.2, -0.15) is 0 Å². The van der Waals surface area contributed by atoms with Gasteiger partial charge in [0, 0.05) is 19.5 Å². The number of hydrogen-bond acceptors (Lipinski definition) is 1. The fourth-order valence-electron chi connectivity index (χ4n) is 2.46. The fourth-order valence-corrected chi connectivity index (χ4v) is 2.46. The van der Waals surface area contributed by atoms with E-state index in [1.807, 2.05) is 11.9 Å². The number of halogens is 1. The number of rotatable bonds is 3. The lowest BCUT2D eigenvalue weighted by molar-refractivity contribution is 0.455. The molecular weight excluding hydrogens is 215 g/mol. The van der Waals surface area contributed by atoms with Crippen LogP contribution in [-0.2, 0) is 6.54 Å². The Labute approximate surface area is 102 Å². The van der Waals surface area contributed by atoms with Crippen molar-refractivity contribution in [2.24, 2.45) is 5.92 Å². The minimum atomic E-state index is -0.206. The Bertz CT molecular complexity index is 380.